The fraction of sp³-hybridized carbons (Fsp3) is 0.147. The number of thioether (sulfide) groups is 1. The molecule has 0 fully saturated rings. The van der Waals surface area contributed by atoms with Crippen molar-refractivity contribution in [3.63, 3.8) is 0 Å². The van der Waals surface area contributed by atoms with Crippen LogP contribution in [0.15, 0.2) is 107 Å². The number of amides is 1. The maximum atomic E-state index is 13.5. The van der Waals surface area contributed by atoms with Crippen LogP contribution >= 0.6 is 11.8 Å². The van der Waals surface area contributed by atoms with Crippen LogP contribution in [0.1, 0.15) is 30.2 Å². The fourth-order valence-corrected chi connectivity index (χ4v) is 6.48. The predicted octanol–water partition coefficient (Wildman–Crippen LogP) is 7.00. The highest BCUT2D eigenvalue weighted by molar-refractivity contribution is 8.00. The number of rotatable bonds is 10. The topological polar surface area (TPSA) is 138 Å². The molecule has 2 heterocycles. The Kier molecular flexibility index (Phi) is 9.56. The molecule has 2 N–H and O–H groups in total. The van der Waals surface area contributed by atoms with Crippen LogP contribution in [0.25, 0.3) is 22.4 Å². The van der Waals surface area contributed by atoms with Gasteiger partial charge in [0.25, 0.3) is 10.0 Å². The van der Waals surface area contributed by atoms with E-state index in [1.165, 1.54) is 42.2 Å². The number of nitrogens with zero attached hydrogens (tertiary/aromatic N) is 4. The van der Waals surface area contributed by atoms with Crippen molar-refractivity contribution in [2.24, 2.45) is 0 Å². The molecule has 45 heavy (non-hydrogen) atoms. The maximum absolute atomic E-state index is 13.5. The summed E-state index contributed by atoms with van der Waals surface area (Å²) in [7, 11) is -3.93. The fourth-order valence-electron chi connectivity index (χ4n) is 4.51. The second kappa shape index (κ2) is 13.7. The standard InChI is InChI=1S/C34H30N6O3S2/c1-4-31(32(41)38-26-14-16-27(17-15-26)45(42,43)40-34-36-19-18-23(3)37-34)44-33-29(21-35)28(24-12-10-22(2)11-13-24)20-30(39-33)25-8-6-5-7-9-25/h5-20,31H,4H2,1-3H3,(H,38,41)(H,36,37,40). The minimum Gasteiger partial charge on any atom is -0.325 e. The second-order valence-corrected chi connectivity index (χ2v) is 13.1. The smallest absolute Gasteiger partial charge is 0.264 e. The minimum absolute atomic E-state index is 0.00348. The lowest BCUT2D eigenvalue weighted by Gasteiger charge is -2.18. The summed E-state index contributed by atoms with van der Waals surface area (Å²) in [6, 6.07) is 29.4. The number of benzene rings is 3. The van der Waals surface area contributed by atoms with Gasteiger partial charge in [0.05, 0.1) is 21.4 Å². The first-order valence-electron chi connectivity index (χ1n) is 14.1. The van der Waals surface area contributed by atoms with Crippen LogP contribution < -0.4 is 10.0 Å². The lowest BCUT2D eigenvalue weighted by atomic mass is 9.98. The van der Waals surface area contributed by atoms with Crippen LogP contribution in [0.4, 0.5) is 11.6 Å². The first-order valence-corrected chi connectivity index (χ1v) is 16.5. The quantitative estimate of drug-likeness (QED) is 0.157. The van der Waals surface area contributed by atoms with Crippen LogP contribution in [0, 0.1) is 25.2 Å². The Morgan fingerprint density at radius 2 is 1.64 bits per heavy atom. The molecule has 5 rings (SSSR count). The summed E-state index contributed by atoms with van der Waals surface area (Å²) >= 11 is 1.23. The molecule has 0 spiro atoms. The summed E-state index contributed by atoms with van der Waals surface area (Å²) in [5.74, 6) is -0.320. The molecule has 9 nitrogen and oxygen atoms in total. The zero-order valence-corrected chi connectivity index (χ0v) is 26.5. The summed E-state index contributed by atoms with van der Waals surface area (Å²) in [5.41, 5.74) is 5.78. The number of carbonyl (C=O) groups excluding carboxylic acids is 1. The Bertz CT molecular complexity index is 1980. The monoisotopic (exact) mass is 634 g/mol. The van der Waals surface area contributed by atoms with Gasteiger partial charge in [0, 0.05) is 28.7 Å². The largest absolute Gasteiger partial charge is 0.325 e. The number of pyridine rings is 1. The van der Waals surface area contributed by atoms with Crippen molar-refractivity contribution in [3.05, 3.63) is 114 Å². The van der Waals surface area contributed by atoms with E-state index in [-0.39, 0.29) is 16.8 Å². The number of nitrogens with one attached hydrogen (secondary N) is 2. The molecule has 226 valence electrons. The highest BCUT2D eigenvalue weighted by atomic mass is 32.2. The highest BCUT2D eigenvalue weighted by Crippen LogP contribution is 2.37. The van der Waals surface area contributed by atoms with Gasteiger partial charge in [-0.1, -0.05) is 78.8 Å². The van der Waals surface area contributed by atoms with E-state index in [4.69, 9.17) is 4.98 Å². The van der Waals surface area contributed by atoms with E-state index >= 15 is 0 Å². The zero-order valence-electron chi connectivity index (χ0n) is 24.9. The first-order chi connectivity index (χ1) is 21.7. The number of hydrogen-bond donors (Lipinski definition) is 2. The van der Waals surface area contributed by atoms with E-state index in [0.29, 0.717) is 34.1 Å². The lowest BCUT2D eigenvalue weighted by molar-refractivity contribution is -0.115. The van der Waals surface area contributed by atoms with Crippen molar-refractivity contribution in [2.75, 3.05) is 10.0 Å². The Morgan fingerprint density at radius 1 is 0.933 bits per heavy atom. The number of anilines is 2. The third-order valence-corrected chi connectivity index (χ3v) is 9.59. The van der Waals surface area contributed by atoms with Gasteiger partial charge in [-0.05, 0) is 62.2 Å². The number of sulfonamides is 1. The number of aryl methyl sites for hydroxylation is 2. The molecular weight excluding hydrogens is 605 g/mol. The molecule has 0 saturated carbocycles. The number of aromatic nitrogens is 3. The lowest BCUT2D eigenvalue weighted by Crippen LogP contribution is -2.25. The molecule has 0 radical (unpaired) electrons. The molecule has 0 saturated heterocycles. The SMILES string of the molecule is CCC(Sc1nc(-c2ccccc2)cc(-c2ccc(C)cc2)c1C#N)C(=O)Nc1ccc(S(=O)(=O)Nc2nccc(C)n2)cc1. The molecule has 1 amide bonds. The average molecular weight is 635 g/mol. The van der Waals surface area contributed by atoms with E-state index in [1.807, 2.05) is 74.5 Å². The summed E-state index contributed by atoms with van der Waals surface area (Å²) < 4.78 is 28.0. The maximum Gasteiger partial charge on any atom is 0.264 e. The van der Waals surface area contributed by atoms with E-state index < -0.39 is 15.3 Å². The summed E-state index contributed by atoms with van der Waals surface area (Å²) in [4.78, 5) is 26.3. The van der Waals surface area contributed by atoms with Crippen molar-refractivity contribution < 1.29 is 13.2 Å². The van der Waals surface area contributed by atoms with Gasteiger partial charge < -0.3 is 5.32 Å². The van der Waals surface area contributed by atoms with Crippen LogP contribution in [0.5, 0.6) is 0 Å². The molecule has 2 aromatic heterocycles. The number of nitriles is 1. The normalized spacial score (nSPS) is 11.8. The Labute approximate surface area is 266 Å². The molecule has 1 atom stereocenters. The molecule has 0 aliphatic rings. The predicted molar refractivity (Wildman–Crippen MR) is 177 cm³/mol. The summed E-state index contributed by atoms with van der Waals surface area (Å²) in [6.07, 6.45) is 1.93. The van der Waals surface area contributed by atoms with Gasteiger partial charge >= 0.3 is 0 Å². The van der Waals surface area contributed by atoms with E-state index in [9.17, 15) is 18.5 Å². The molecule has 5 aromatic rings. The minimum atomic E-state index is -3.93. The number of carbonyl (C=O) groups is 1. The summed E-state index contributed by atoms with van der Waals surface area (Å²) in [5, 5.41) is 13.0. The van der Waals surface area contributed by atoms with Crippen molar-refractivity contribution in [1.29, 1.82) is 5.26 Å². The average Bonchev–Trinajstić information content (AvgIpc) is 3.04. The van der Waals surface area contributed by atoms with E-state index in [0.717, 1.165) is 22.3 Å². The van der Waals surface area contributed by atoms with Gasteiger partial charge in [-0.2, -0.15) is 5.26 Å². The number of hydrogen-bond acceptors (Lipinski definition) is 8. The Hall–Kier alpha value is -5.05. The van der Waals surface area contributed by atoms with Crippen LogP contribution in [0.3, 0.4) is 0 Å². The van der Waals surface area contributed by atoms with Crippen molar-refractivity contribution in [1.82, 2.24) is 15.0 Å². The third-order valence-electron chi connectivity index (χ3n) is 6.90. The van der Waals surface area contributed by atoms with Gasteiger partial charge in [0.15, 0.2) is 0 Å². The van der Waals surface area contributed by atoms with Crippen molar-refractivity contribution in [3.8, 4) is 28.5 Å². The molecule has 11 heteroatoms. The molecule has 1 unspecified atom stereocenters. The molecular formula is C34H30N6O3S2. The van der Waals surface area contributed by atoms with E-state index in [2.05, 4.69) is 26.1 Å². The van der Waals surface area contributed by atoms with Crippen molar-refractivity contribution >= 4 is 39.3 Å². The highest BCUT2D eigenvalue weighted by Gasteiger charge is 2.24. The van der Waals surface area contributed by atoms with E-state index in [1.54, 1.807) is 13.0 Å². The molecule has 3 aromatic carbocycles. The van der Waals surface area contributed by atoms with Crippen LogP contribution in [-0.2, 0) is 14.8 Å². The van der Waals surface area contributed by atoms with Gasteiger partial charge in [0.1, 0.15) is 11.1 Å². The third kappa shape index (κ3) is 7.55. The Morgan fingerprint density at radius 3 is 2.29 bits per heavy atom. The van der Waals surface area contributed by atoms with Crippen molar-refractivity contribution in [2.45, 2.75) is 42.4 Å². The molecule has 0 aliphatic carbocycles. The van der Waals surface area contributed by atoms with Gasteiger partial charge in [0.2, 0.25) is 11.9 Å². The first kappa shape index (κ1) is 31.4. The van der Waals surface area contributed by atoms with Crippen LogP contribution in [-0.4, -0.2) is 34.5 Å². The zero-order chi connectivity index (χ0) is 32.0. The van der Waals surface area contributed by atoms with Gasteiger partial charge in [-0.3, -0.25) is 4.79 Å². The van der Waals surface area contributed by atoms with Crippen LogP contribution in [0.2, 0.25) is 0 Å². The Balaban J connectivity index is 1.39. The van der Waals surface area contributed by atoms with Gasteiger partial charge in [-0.25, -0.2) is 28.1 Å². The van der Waals surface area contributed by atoms with Gasteiger partial charge in [-0.15, -0.1) is 0 Å². The summed E-state index contributed by atoms with van der Waals surface area (Å²) in [6.45, 7) is 5.63. The second-order valence-electron chi connectivity index (χ2n) is 10.2. The molecule has 0 aliphatic heterocycles. The molecule has 0 bridgehead atoms.